The van der Waals surface area contributed by atoms with Gasteiger partial charge in [0.1, 0.15) is 12.2 Å². The quantitative estimate of drug-likeness (QED) is 0.343. The predicted octanol–water partition coefficient (Wildman–Crippen LogP) is 6.33. The summed E-state index contributed by atoms with van der Waals surface area (Å²) in [5.74, 6) is 1.53. The van der Waals surface area contributed by atoms with E-state index in [-0.39, 0.29) is 17.8 Å². The van der Waals surface area contributed by atoms with E-state index >= 15 is 0 Å². The Bertz CT molecular complexity index is 1360. The molecule has 0 radical (unpaired) electrons. The molecule has 0 spiro atoms. The van der Waals surface area contributed by atoms with Gasteiger partial charge in [-0.25, -0.2) is 0 Å². The van der Waals surface area contributed by atoms with Crippen LogP contribution in [0.3, 0.4) is 0 Å². The molecule has 1 aromatic heterocycles. The summed E-state index contributed by atoms with van der Waals surface area (Å²) in [6.45, 7) is 4.06. The van der Waals surface area contributed by atoms with Gasteiger partial charge in [-0.05, 0) is 61.4 Å². The van der Waals surface area contributed by atoms with E-state index in [1.807, 2.05) is 44.2 Å². The molecule has 0 aliphatic carbocycles. The number of hydrogen-bond donors (Lipinski definition) is 0. The van der Waals surface area contributed by atoms with Gasteiger partial charge in [0.25, 0.3) is 0 Å². The monoisotopic (exact) mass is 450 g/mol. The molecule has 0 saturated heterocycles. The molecule has 32 heavy (non-hydrogen) atoms. The van der Waals surface area contributed by atoms with Gasteiger partial charge in [0.2, 0.25) is 11.2 Å². The molecule has 4 aromatic rings. The highest BCUT2D eigenvalue weighted by Gasteiger charge is 2.20. The van der Waals surface area contributed by atoms with Crippen molar-refractivity contribution in [2.24, 2.45) is 0 Å². The fourth-order valence-electron chi connectivity index (χ4n) is 3.50. The van der Waals surface area contributed by atoms with Crippen molar-refractivity contribution in [2.75, 3.05) is 14.2 Å². The number of halogens is 1. The van der Waals surface area contributed by atoms with Crippen molar-refractivity contribution in [3.63, 3.8) is 0 Å². The minimum absolute atomic E-state index is 0.118. The first-order valence-corrected chi connectivity index (χ1v) is 10.5. The van der Waals surface area contributed by atoms with Crippen LogP contribution in [0.2, 0.25) is 5.02 Å². The number of fused-ring (bicyclic) bond motifs is 1. The Balaban J connectivity index is 1.91. The van der Waals surface area contributed by atoms with Gasteiger partial charge in [-0.2, -0.15) is 0 Å². The summed E-state index contributed by atoms with van der Waals surface area (Å²) in [6, 6.07) is 16.4. The second-order valence-corrected chi connectivity index (χ2v) is 7.88. The summed E-state index contributed by atoms with van der Waals surface area (Å²) >= 11 is 6.28. The van der Waals surface area contributed by atoms with Gasteiger partial charge in [-0.1, -0.05) is 29.8 Å². The molecule has 4 rings (SSSR count). The van der Waals surface area contributed by atoms with Crippen LogP contribution in [0.4, 0.5) is 0 Å². The Kier molecular flexibility index (Phi) is 6.10. The molecule has 0 amide bonds. The highest BCUT2D eigenvalue weighted by Crippen LogP contribution is 2.37. The Hall–Kier alpha value is -3.44. The highest BCUT2D eigenvalue weighted by atomic mass is 35.5. The molecule has 0 bridgehead atoms. The van der Waals surface area contributed by atoms with E-state index in [9.17, 15) is 4.79 Å². The first-order valence-electron chi connectivity index (χ1n) is 10.1. The molecule has 1 heterocycles. The molecule has 0 aliphatic heterocycles. The molecule has 0 saturated carbocycles. The molecule has 0 atom stereocenters. The lowest BCUT2D eigenvalue weighted by molar-refractivity contribution is 0.298. The van der Waals surface area contributed by atoms with Gasteiger partial charge in [-0.15, -0.1) is 0 Å². The molecular weight excluding hydrogens is 428 g/mol. The van der Waals surface area contributed by atoms with E-state index in [0.29, 0.717) is 38.8 Å². The number of ether oxygens (including phenoxy) is 3. The number of rotatable bonds is 6. The lowest BCUT2D eigenvalue weighted by Gasteiger charge is -2.14. The van der Waals surface area contributed by atoms with Crippen LogP contribution in [0, 0.1) is 13.8 Å². The average Bonchev–Trinajstić information content (AvgIpc) is 2.80. The van der Waals surface area contributed by atoms with Crippen molar-refractivity contribution in [3.05, 3.63) is 86.5 Å². The summed E-state index contributed by atoms with van der Waals surface area (Å²) in [6.07, 6.45) is 0. The highest BCUT2D eigenvalue weighted by molar-refractivity contribution is 6.31. The van der Waals surface area contributed by atoms with Gasteiger partial charge >= 0.3 is 0 Å². The van der Waals surface area contributed by atoms with Gasteiger partial charge in [-0.3, -0.25) is 4.79 Å². The maximum absolute atomic E-state index is 13.5. The smallest absolute Gasteiger partial charge is 0.235 e. The van der Waals surface area contributed by atoms with Crippen molar-refractivity contribution in [1.82, 2.24) is 0 Å². The van der Waals surface area contributed by atoms with Crippen LogP contribution in [0.1, 0.15) is 16.7 Å². The molecule has 164 valence electrons. The van der Waals surface area contributed by atoms with Crippen molar-refractivity contribution in [2.45, 2.75) is 20.5 Å². The molecular formula is C26H23ClO5. The molecule has 0 N–H and O–H groups in total. The minimum atomic E-state index is -0.244. The van der Waals surface area contributed by atoms with Crippen LogP contribution < -0.4 is 19.6 Å². The van der Waals surface area contributed by atoms with E-state index < -0.39 is 0 Å². The molecule has 3 aromatic carbocycles. The average molecular weight is 451 g/mol. The van der Waals surface area contributed by atoms with Gasteiger partial charge in [0.15, 0.2) is 17.3 Å². The second-order valence-electron chi connectivity index (χ2n) is 7.47. The van der Waals surface area contributed by atoms with E-state index in [2.05, 4.69) is 0 Å². The van der Waals surface area contributed by atoms with Crippen LogP contribution in [0.25, 0.3) is 22.3 Å². The number of hydrogen-bond acceptors (Lipinski definition) is 5. The van der Waals surface area contributed by atoms with Crippen LogP contribution in [0.15, 0.2) is 63.8 Å². The molecule has 0 fully saturated rings. The van der Waals surface area contributed by atoms with Crippen molar-refractivity contribution in [3.8, 4) is 28.6 Å². The number of aryl methyl sites for hydroxylation is 2. The minimum Gasteiger partial charge on any atom is -0.493 e. The topological polar surface area (TPSA) is 57.9 Å². The fraction of sp³-hybridized carbons (Fsp3) is 0.192. The Morgan fingerprint density at radius 3 is 2.34 bits per heavy atom. The maximum atomic E-state index is 13.5. The van der Waals surface area contributed by atoms with E-state index in [1.165, 1.54) is 0 Å². The predicted molar refractivity (Wildman–Crippen MR) is 126 cm³/mol. The first-order chi connectivity index (χ1) is 15.4. The number of benzene rings is 3. The van der Waals surface area contributed by atoms with Crippen LogP contribution in [-0.4, -0.2) is 14.2 Å². The van der Waals surface area contributed by atoms with E-state index in [4.69, 9.17) is 30.2 Å². The summed E-state index contributed by atoms with van der Waals surface area (Å²) in [4.78, 5) is 13.5. The van der Waals surface area contributed by atoms with Gasteiger partial charge in [0.05, 0.1) is 19.6 Å². The maximum Gasteiger partial charge on any atom is 0.235 e. The van der Waals surface area contributed by atoms with Crippen molar-refractivity contribution in [1.29, 1.82) is 0 Å². The summed E-state index contributed by atoms with van der Waals surface area (Å²) < 4.78 is 23.0. The van der Waals surface area contributed by atoms with E-state index in [1.54, 1.807) is 38.5 Å². The Morgan fingerprint density at radius 2 is 1.62 bits per heavy atom. The zero-order valence-electron chi connectivity index (χ0n) is 18.3. The van der Waals surface area contributed by atoms with Gasteiger partial charge in [0, 0.05) is 16.1 Å². The fourth-order valence-corrected chi connectivity index (χ4v) is 3.69. The lowest BCUT2D eigenvalue weighted by Crippen LogP contribution is -2.11. The van der Waals surface area contributed by atoms with Crippen molar-refractivity contribution >= 4 is 22.6 Å². The summed E-state index contributed by atoms with van der Waals surface area (Å²) in [7, 11) is 3.12. The summed E-state index contributed by atoms with van der Waals surface area (Å²) in [5.41, 5.74) is 3.68. The standard InChI is InChI=1S/C26H23ClO5/c1-15-11-19-22(12-16(15)2)32-25(17-9-10-21(29-3)23(13-17)30-4)26(24(19)28)31-14-18-7-5-6-8-20(18)27/h5-13H,14H2,1-4H3. The zero-order chi connectivity index (χ0) is 22.8. The third-order valence-electron chi connectivity index (χ3n) is 5.44. The first kappa shape index (κ1) is 21.8. The molecule has 5 nitrogen and oxygen atoms in total. The van der Waals surface area contributed by atoms with Crippen LogP contribution in [-0.2, 0) is 6.61 Å². The van der Waals surface area contributed by atoms with Gasteiger partial charge < -0.3 is 18.6 Å². The largest absolute Gasteiger partial charge is 0.493 e. The Morgan fingerprint density at radius 1 is 0.906 bits per heavy atom. The summed E-state index contributed by atoms with van der Waals surface area (Å²) in [5, 5.41) is 1.03. The molecule has 6 heteroatoms. The lowest BCUT2D eigenvalue weighted by atomic mass is 10.0. The zero-order valence-corrected chi connectivity index (χ0v) is 19.1. The number of methoxy groups -OCH3 is 2. The SMILES string of the molecule is COc1ccc(-c2oc3cc(C)c(C)cc3c(=O)c2OCc2ccccc2Cl)cc1OC. The van der Waals surface area contributed by atoms with Crippen LogP contribution >= 0.6 is 11.6 Å². The third-order valence-corrected chi connectivity index (χ3v) is 5.81. The second kappa shape index (κ2) is 8.97. The normalized spacial score (nSPS) is 10.9. The molecule has 0 aliphatic rings. The third kappa shape index (κ3) is 4.04. The van der Waals surface area contributed by atoms with Crippen molar-refractivity contribution < 1.29 is 18.6 Å². The van der Waals surface area contributed by atoms with E-state index in [0.717, 1.165) is 16.7 Å². The van der Waals surface area contributed by atoms with Crippen LogP contribution in [0.5, 0.6) is 17.2 Å². The Labute approximate surface area is 191 Å². The molecule has 0 unspecified atom stereocenters.